The van der Waals surface area contributed by atoms with Crippen molar-refractivity contribution in [3.63, 3.8) is 0 Å². The molecule has 9 nitrogen and oxygen atoms in total. The van der Waals surface area contributed by atoms with Crippen molar-refractivity contribution in [2.24, 2.45) is 5.73 Å². The van der Waals surface area contributed by atoms with Crippen molar-refractivity contribution in [3.05, 3.63) is 77.6 Å². The number of aryl methyl sites for hydroxylation is 1. The number of nitrogen functional groups attached to an aromatic ring is 1. The van der Waals surface area contributed by atoms with Crippen LogP contribution in [-0.4, -0.2) is 43.7 Å². The monoisotopic (exact) mass is 538 g/mol. The van der Waals surface area contributed by atoms with Crippen LogP contribution < -0.4 is 11.5 Å². The van der Waals surface area contributed by atoms with Gasteiger partial charge in [0.1, 0.15) is 11.3 Å². The Kier molecular flexibility index (Phi) is 7.91. The van der Waals surface area contributed by atoms with Crippen LogP contribution in [0.1, 0.15) is 61.9 Å². The zero-order chi connectivity index (χ0) is 28.2. The van der Waals surface area contributed by atoms with Gasteiger partial charge in [0.25, 0.3) is 11.8 Å². The summed E-state index contributed by atoms with van der Waals surface area (Å²) in [5.74, 6) is -0.00338. The molecule has 9 heteroatoms. The molecule has 2 aromatic carbocycles. The maximum absolute atomic E-state index is 12.3. The van der Waals surface area contributed by atoms with Crippen LogP contribution >= 0.6 is 0 Å². The number of pyridine rings is 1. The van der Waals surface area contributed by atoms with E-state index in [1.54, 1.807) is 0 Å². The normalized spacial score (nSPS) is 14.1. The zero-order valence-electron chi connectivity index (χ0n) is 22.7. The SMILES string of the molecule is CCCCc1nc2c(N)nc3ccccc3c2n1Cc1ccc(C(CCCCN2C(=O)C=CC2=O)C(N)=O)cc1. The maximum atomic E-state index is 12.3. The third-order valence-electron chi connectivity index (χ3n) is 7.53. The number of rotatable bonds is 12. The molecule has 1 aliphatic rings. The fourth-order valence-electron chi connectivity index (χ4n) is 5.38. The second-order valence-electron chi connectivity index (χ2n) is 10.3. The minimum absolute atomic E-state index is 0.289. The second kappa shape index (κ2) is 11.7. The fraction of sp³-hybridized carbons (Fsp3) is 0.323. The Morgan fingerprint density at radius 1 is 0.950 bits per heavy atom. The minimum atomic E-state index is -0.443. The van der Waals surface area contributed by atoms with E-state index >= 15 is 0 Å². The van der Waals surface area contributed by atoms with Crippen molar-refractivity contribution in [2.45, 2.75) is 57.9 Å². The van der Waals surface area contributed by atoms with Gasteiger partial charge in [-0.1, -0.05) is 62.2 Å². The van der Waals surface area contributed by atoms with Gasteiger partial charge in [0, 0.05) is 37.0 Å². The average molecular weight is 539 g/mol. The molecule has 40 heavy (non-hydrogen) atoms. The molecule has 0 fully saturated rings. The van der Waals surface area contributed by atoms with Gasteiger partial charge in [0.05, 0.1) is 17.0 Å². The summed E-state index contributed by atoms with van der Waals surface area (Å²) in [6.07, 6.45) is 7.30. The Morgan fingerprint density at radius 2 is 1.68 bits per heavy atom. The molecule has 4 N–H and O–H groups in total. The van der Waals surface area contributed by atoms with Gasteiger partial charge in [-0.2, -0.15) is 0 Å². The van der Waals surface area contributed by atoms with E-state index in [2.05, 4.69) is 22.5 Å². The van der Waals surface area contributed by atoms with Crippen LogP contribution in [0.3, 0.4) is 0 Å². The van der Waals surface area contributed by atoms with Crippen molar-refractivity contribution in [2.75, 3.05) is 12.3 Å². The summed E-state index contributed by atoms with van der Waals surface area (Å²) in [6.45, 7) is 3.11. The van der Waals surface area contributed by atoms with Crippen molar-refractivity contribution >= 4 is 45.5 Å². The molecular weight excluding hydrogens is 504 g/mol. The number of carbonyl (C=O) groups excluding carboxylic acids is 3. The highest BCUT2D eigenvalue weighted by molar-refractivity contribution is 6.12. The van der Waals surface area contributed by atoms with Gasteiger partial charge in [-0.25, -0.2) is 9.97 Å². The number of hydrogen-bond donors (Lipinski definition) is 2. The summed E-state index contributed by atoms with van der Waals surface area (Å²) in [5.41, 5.74) is 16.6. The molecule has 1 aliphatic heterocycles. The molecule has 0 spiro atoms. The first kappa shape index (κ1) is 27.1. The average Bonchev–Trinajstić information content (AvgIpc) is 3.47. The Morgan fingerprint density at radius 3 is 2.38 bits per heavy atom. The number of hydrogen-bond acceptors (Lipinski definition) is 6. The van der Waals surface area contributed by atoms with Gasteiger partial charge in [0.15, 0.2) is 5.82 Å². The maximum Gasteiger partial charge on any atom is 0.253 e. The number of para-hydroxylation sites is 1. The highest BCUT2D eigenvalue weighted by Crippen LogP contribution is 2.30. The van der Waals surface area contributed by atoms with E-state index in [9.17, 15) is 14.4 Å². The highest BCUT2D eigenvalue weighted by Gasteiger charge is 2.23. The highest BCUT2D eigenvalue weighted by atomic mass is 16.2. The van der Waals surface area contributed by atoms with Crippen LogP contribution in [0.25, 0.3) is 21.9 Å². The molecule has 0 radical (unpaired) electrons. The summed E-state index contributed by atoms with van der Waals surface area (Å²) in [4.78, 5) is 46.5. The third kappa shape index (κ3) is 5.45. The van der Waals surface area contributed by atoms with Crippen LogP contribution in [0.2, 0.25) is 0 Å². The van der Waals surface area contributed by atoms with E-state index in [1.807, 2.05) is 42.5 Å². The number of amides is 3. The van der Waals surface area contributed by atoms with Crippen LogP contribution in [0.4, 0.5) is 5.82 Å². The van der Waals surface area contributed by atoms with Gasteiger partial charge in [-0.3, -0.25) is 19.3 Å². The van der Waals surface area contributed by atoms with E-state index in [0.29, 0.717) is 38.2 Å². The quantitative estimate of drug-likeness (QED) is 0.205. The standard InChI is InChI=1S/C31H34N6O3/c1-2-3-11-25-35-28-29(23-9-4-5-10-24(23)34-30(28)32)37(25)19-20-12-14-21(15-13-20)22(31(33)40)8-6-7-18-36-26(38)16-17-27(36)39/h4-5,9-10,12-17,22H,2-3,6-8,11,18-19H2,1H3,(H2,32,34)(H2,33,40). The van der Waals surface area contributed by atoms with Gasteiger partial charge in [0.2, 0.25) is 5.91 Å². The third-order valence-corrected chi connectivity index (χ3v) is 7.53. The molecule has 2 aromatic heterocycles. The first-order chi connectivity index (χ1) is 19.4. The first-order valence-electron chi connectivity index (χ1n) is 13.8. The number of carbonyl (C=O) groups is 3. The molecule has 0 aliphatic carbocycles. The number of aromatic nitrogens is 3. The van der Waals surface area contributed by atoms with Gasteiger partial charge >= 0.3 is 0 Å². The lowest BCUT2D eigenvalue weighted by Gasteiger charge is -2.17. The van der Waals surface area contributed by atoms with E-state index in [-0.39, 0.29) is 17.7 Å². The molecule has 1 atom stereocenters. The smallest absolute Gasteiger partial charge is 0.253 e. The largest absolute Gasteiger partial charge is 0.382 e. The fourth-order valence-corrected chi connectivity index (χ4v) is 5.38. The van der Waals surface area contributed by atoms with Gasteiger partial charge in [-0.05, 0) is 36.5 Å². The van der Waals surface area contributed by atoms with Crippen LogP contribution in [0.15, 0.2) is 60.7 Å². The summed E-state index contributed by atoms with van der Waals surface area (Å²) in [7, 11) is 0. The summed E-state index contributed by atoms with van der Waals surface area (Å²) >= 11 is 0. The topological polar surface area (TPSA) is 137 Å². The minimum Gasteiger partial charge on any atom is -0.382 e. The molecule has 4 aromatic rings. The predicted molar refractivity (Wildman–Crippen MR) is 155 cm³/mol. The molecule has 0 saturated carbocycles. The molecule has 3 amide bonds. The second-order valence-corrected chi connectivity index (χ2v) is 10.3. The molecule has 0 saturated heterocycles. The van der Waals surface area contributed by atoms with Crippen LogP contribution in [0, 0.1) is 0 Å². The van der Waals surface area contributed by atoms with Gasteiger partial charge < -0.3 is 16.0 Å². The van der Waals surface area contributed by atoms with Crippen molar-refractivity contribution in [3.8, 4) is 0 Å². The number of nitrogens with two attached hydrogens (primary N) is 2. The number of imidazole rings is 1. The van der Waals surface area contributed by atoms with E-state index < -0.39 is 5.92 Å². The number of primary amides is 1. The summed E-state index contributed by atoms with van der Waals surface area (Å²) in [6, 6.07) is 15.9. The van der Waals surface area contributed by atoms with E-state index in [1.165, 1.54) is 17.1 Å². The Bertz CT molecular complexity index is 1590. The Hall–Kier alpha value is -4.53. The molecule has 3 heterocycles. The number of nitrogens with zero attached hydrogens (tertiary/aromatic N) is 4. The summed E-state index contributed by atoms with van der Waals surface area (Å²) in [5, 5.41) is 1.01. The molecule has 206 valence electrons. The Labute approximate surface area is 232 Å². The predicted octanol–water partition coefficient (Wildman–Crippen LogP) is 4.22. The lowest BCUT2D eigenvalue weighted by atomic mass is 9.92. The number of benzene rings is 2. The first-order valence-corrected chi connectivity index (χ1v) is 13.8. The molecule has 5 rings (SSSR count). The van der Waals surface area contributed by atoms with Crippen molar-refractivity contribution in [1.82, 2.24) is 19.4 Å². The van der Waals surface area contributed by atoms with Crippen molar-refractivity contribution in [1.29, 1.82) is 0 Å². The molecule has 1 unspecified atom stereocenters. The Balaban J connectivity index is 1.35. The number of fused-ring (bicyclic) bond motifs is 3. The number of unbranched alkanes of at least 4 members (excludes halogenated alkanes) is 2. The van der Waals surface area contributed by atoms with Crippen LogP contribution in [0.5, 0.6) is 0 Å². The lowest BCUT2D eigenvalue weighted by molar-refractivity contribution is -0.136. The molecular formula is C31H34N6O3. The van der Waals surface area contributed by atoms with E-state index in [0.717, 1.165) is 58.2 Å². The zero-order valence-corrected chi connectivity index (χ0v) is 22.7. The van der Waals surface area contributed by atoms with Gasteiger partial charge in [-0.15, -0.1) is 0 Å². The molecule has 0 bridgehead atoms. The van der Waals surface area contributed by atoms with Crippen LogP contribution in [-0.2, 0) is 27.3 Å². The summed E-state index contributed by atoms with van der Waals surface area (Å²) < 4.78 is 2.24. The number of imide groups is 1. The lowest BCUT2D eigenvalue weighted by Crippen LogP contribution is -2.31. The number of anilines is 1. The van der Waals surface area contributed by atoms with Crippen molar-refractivity contribution < 1.29 is 14.4 Å². The van der Waals surface area contributed by atoms with E-state index in [4.69, 9.17) is 16.5 Å².